The number of benzene rings is 2. The number of carbonyl (C=O) groups excluding carboxylic acids is 1. The molecular formula is C21H25ClN4O3S. The average Bonchev–Trinajstić information content (AvgIpc) is 3.01. The number of carbonyl (C=O) groups is 1. The van der Waals surface area contributed by atoms with Crippen LogP contribution in [0.25, 0.3) is 11.0 Å². The third kappa shape index (κ3) is 5.00. The van der Waals surface area contributed by atoms with Gasteiger partial charge in [-0.1, -0.05) is 23.7 Å². The molecule has 0 fully saturated rings. The van der Waals surface area contributed by atoms with Crippen LogP contribution in [0.3, 0.4) is 0 Å². The number of halogens is 1. The number of hydrogen-bond acceptors (Lipinski definition) is 4. The molecule has 30 heavy (non-hydrogen) atoms. The highest BCUT2D eigenvalue weighted by Gasteiger charge is 2.19. The quantitative estimate of drug-likeness (QED) is 0.574. The Balaban J connectivity index is 1.61. The highest BCUT2D eigenvalue weighted by Crippen LogP contribution is 2.21. The van der Waals surface area contributed by atoms with Crippen LogP contribution in [-0.2, 0) is 34.7 Å². The first-order valence-electron chi connectivity index (χ1n) is 9.57. The molecule has 2 aromatic carbocycles. The Morgan fingerprint density at radius 1 is 1.17 bits per heavy atom. The van der Waals surface area contributed by atoms with Gasteiger partial charge in [-0.2, -0.15) is 0 Å². The minimum Gasteiger partial charge on any atom is -0.356 e. The summed E-state index contributed by atoms with van der Waals surface area (Å²) in [5, 5.41) is 3.59. The zero-order chi connectivity index (χ0) is 21.9. The fourth-order valence-corrected chi connectivity index (χ4v) is 4.31. The molecule has 3 aromatic rings. The fraction of sp³-hybridized carbons (Fsp3) is 0.333. The molecular weight excluding hydrogens is 424 g/mol. The lowest BCUT2D eigenvalue weighted by atomic mass is 10.1. The highest BCUT2D eigenvalue weighted by molar-refractivity contribution is 7.89. The van der Waals surface area contributed by atoms with Crippen molar-refractivity contribution >= 4 is 38.6 Å². The van der Waals surface area contributed by atoms with Gasteiger partial charge in [-0.3, -0.25) is 4.79 Å². The molecule has 0 aliphatic carbocycles. The van der Waals surface area contributed by atoms with Crippen molar-refractivity contribution < 1.29 is 13.2 Å². The standard InChI is InChI=1S/C21H25ClN4O3S/c1-25(2)30(28,29)17-7-8-19-18(14-17)24-20(26(19)3)9-10-21(27)23-12-11-15-5-4-6-16(22)13-15/h4-8,13-14H,9-12H2,1-3H3,(H,23,27). The maximum atomic E-state index is 12.3. The van der Waals surface area contributed by atoms with Crippen LogP contribution in [0.1, 0.15) is 17.8 Å². The molecule has 0 aliphatic heterocycles. The monoisotopic (exact) mass is 448 g/mol. The topological polar surface area (TPSA) is 84.3 Å². The van der Waals surface area contributed by atoms with Gasteiger partial charge >= 0.3 is 0 Å². The van der Waals surface area contributed by atoms with Crippen LogP contribution in [0, 0.1) is 0 Å². The predicted octanol–water partition coefficient (Wildman–Crippen LogP) is 2.77. The molecule has 1 amide bonds. The number of hydrogen-bond donors (Lipinski definition) is 1. The van der Waals surface area contributed by atoms with Crippen molar-refractivity contribution in [2.24, 2.45) is 7.05 Å². The van der Waals surface area contributed by atoms with Crippen molar-refractivity contribution in [1.29, 1.82) is 0 Å². The van der Waals surface area contributed by atoms with Crippen LogP contribution in [0.4, 0.5) is 0 Å². The molecule has 0 radical (unpaired) electrons. The van der Waals surface area contributed by atoms with Crippen molar-refractivity contribution in [1.82, 2.24) is 19.2 Å². The van der Waals surface area contributed by atoms with Crippen LogP contribution in [-0.4, -0.2) is 48.8 Å². The van der Waals surface area contributed by atoms with Crippen LogP contribution in [0.5, 0.6) is 0 Å². The van der Waals surface area contributed by atoms with Crippen molar-refractivity contribution in [2.75, 3.05) is 20.6 Å². The molecule has 0 spiro atoms. The number of sulfonamides is 1. The minimum atomic E-state index is -3.52. The molecule has 1 heterocycles. The van der Waals surface area contributed by atoms with E-state index in [9.17, 15) is 13.2 Å². The average molecular weight is 449 g/mol. The Morgan fingerprint density at radius 3 is 2.63 bits per heavy atom. The second-order valence-electron chi connectivity index (χ2n) is 7.25. The molecule has 1 aromatic heterocycles. The van der Waals surface area contributed by atoms with E-state index in [1.165, 1.54) is 18.4 Å². The first-order valence-corrected chi connectivity index (χ1v) is 11.4. The number of nitrogens with zero attached hydrogens (tertiary/aromatic N) is 3. The van der Waals surface area contributed by atoms with Gasteiger partial charge in [0, 0.05) is 45.6 Å². The molecule has 0 saturated carbocycles. The summed E-state index contributed by atoms with van der Waals surface area (Å²) in [6.07, 6.45) is 1.47. The smallest absolute Gasteiger partial charge is 0.242 e. The molecule has 1 N–H and O–H groups in total. The van der Waals surface area contributed by atoms with Gasteiger partial charge in [-0.05, 0) is 42.3 Å². The van der Waals surface area contributed by atoms with Crippen molar-refractivity contribution in [3.8, 4) is 0 Å². The van der Waals surface area contributed by atoms with E-state index in [0.717, 1.165) is 16.9 Å². The molecule has 0 saturated heterocycles. The van der Waals surface area contributed by atoms with Gasteiger partial charge in [0.05, 0.1) is 15.9 Å². The first-order chi connectivity index (χ1) is 14.2. The third-order valence-electron chi connectivity index (χ3n) is 4.92. The first kappa shape index (κ1) is 22.3. The van der Waals surface area contributed by atoms with Gasteiger partial charge in [0.15, 0.2) is 0 Å². The predicted molar refractivity (Wildman–Crippen MR) is 118 cm³/mol. The summed E-state index contributed by atoms with van der Waals surface area (Å²) in [6.45, 7) is 0.535. The van der Waals surface area contributed by atoms with E-state index in [2.05, 4.69) is 10.3 Å². The Hall–Kier alpha value is -2.42. The normalized spacial score (nSPS) is 11.9. The lowest BCUT2D eigenvalue weighted by Crippen LogP contribution is -2.26. The number of imidazole rings is 1. The van der Waals surface area contributed by atoms with E-state index in [4.69, 9.17) is 11.6 Å². The lowest BCUT2D eigenvalue weighted by molar-refractivity contribution is -0.121. The van der Waals surface area contributed by atoms with Gasteiger partial charge < -0.3 is 9.88 Å². The molecule has 160 valence electrons. The van der Waals surface area contributed by atoms with Crippen LogP contribution in [0.15, 0.2) is 47.4 Å². The summed E-state index contributed by atoms with van der Waals surface area (Å²) >= 11 is 5.97. The maximum Gasteiger partial charge on any atom is 0.242 e. The van der Waals surface area contributed by atoms with Crippen molar-refractivity contribution in [3.63, 3.8) is 0 Å². The Labute approximate surface area is 181 Å². The van der Waals surface area contributed by atoms with Crippen LogP contribution in [0.2, 0.25) is 5.02 Å². The van der Waals surface area contributed by atoms with Gasteiger partial charge in [0.1, 0.15) is 5.82 Å². The van der Waals surface area contributed by atoms with E-state index >= 15 is 0 Å². The van der Waals surface area contributed by atoms with E-state index in [1.807, 2.05) is 35.9 Å². The number of fused-ring (bicyclic) bond motifs is 1. The SMILES string of the molecule is CN(C)S(=O)(=O)c1ccc2c(c1)nc(CCC(=O)NCCc1cccc(Cl)c1)n2C. The molecule has 0 aliphatic rings. The molecule has 0 atom stereocenters. The maximum absolute atomic E-state index is 12.3. The Morgan fingerprint density at radius 2 is 1.93 bits per heavy atom. The zero-order valence-electron chi connectivity index (χ0n) is 17.2. The zero-order valence-corrected chi connectivity index (χ0v) is 18.8. The van der Waals surface area contributed by atoms with E-state index in [0.29, 0.717) is 36.3 Å². The summed E-state index contributed by atoms with van der Waals surface area (Å²) in [7, 11) is 1.33. The van der Waals surface area contributed by atoms with E-state index in [-0.39, 0.29) is 10.8 Å². The molecule has 0 bridgehead atoms. The number of rotatable bonds is 8. The Kier molecular flexibility index (Phi) is 6.80. The van der Waals surface area contributed by atoms with Crippen LogP contribution < -0.4 is 5.32 Å². The number of nitrogens with one attached hydrogen (secondary N) is 1. The number of amides is 1. The second-order valence-corrected chi connectivity index (χ2v) is 9.84. The summed E-state index contributed by atoms with van der Waals surface area (Å²) in [5.41, 5.74) is 2.49. The molecule has 7 nitrogen and oxygen atoms in total. The van der Waals surface area contributed by atoms with Gasteiger partial charge in [0.2, 0.25) is 15.9 Å². The highest BCUT2D eigenvalue weighted by atomic mass is 35.5. The number of aromatic nitrogens is 2. The Bertz CT molecular complexity index is 1170. The largest absolute Gasteiger partial charge is 0.356 e. The summed E-state index contributed by atoms with van der Waals surface area (Å²) in [6, 6.07) is 12.5. The lowest BCUT2D eigenvalue weighted by Gasteiger charge is -2.10. The van der Waals surface area contributed by atoms with Crippen molar-refractivity contribution in [3.05, 3.63) is 58.9 Å². The molecule has 0 unspecified atom stereocenters. The van der Waals surface area contributed by atoms with E-state index < -0.39 is 10.0 Å². The van der Waals surface area contributed by atoms with Gasteiger partial charge in [-0.25, -0.2) is 17.7 Å². The summed E-state index contributed by atoms with van der Waals surface area (Å²) in [5.74, 6) is 0.675. The second kappa shape index (κ2) is 9.16. The summed E-state index contributed by atoms with van der Waals surface area (Å²) < 4.78 is 27.7. The van der Waals surface area contributed by atoms with Crippen molar-refractivity contribution in [2.45, 2.75) is 24.2 Å². The fourth-order valence-electron chi connectivity index (χ4n) is 3.18. The van der Waals surface area contributed by atoms with Gasteiger partial charge in [-0.15, -0.1) is 0 Å². The van der Waals surface area contributed by atoms with Crippen LogP contribution >= 0.6 is 11.6 Å². The minimum absolute atomic E-state index is 0.0556. The number of aryl methyl sites for hydroxylation is 2. The molecule has 9 heteroatoms. The molecule has 3 rings (SSSR count). The third-order valence-corrected chi connectivity index (χ3v) is 6.97. The summed E-state index contributed by atoms with van der Waals surface area (Å²) in [4.78, 5) is 16.9. The van der Waals surface area contributed by atoms with E-state index in [1.54, 1.807) is 18.2 Å². The van der Waals surface area contributed by atoms with Gasteiger partial charge in [0.25, 0.3) is 0 Å².